The van der Waals surface area contributed by atoms with Crippen LogP contribution in [-0.2, 0) is 0 Å². The number of aryl methyl sites for hydroxylation is 1. The van der Waals surface area contributed by atoms with Gasteiger partial charge in [0.15, 0.2) is 0 Å². The highest BCUT2D eigenvalue weighted by molar-refractivity contribution is 5.79. The molecule has 3 rings (SSSR count). The van der Waals surface area contributed by atoms with Crippen LogP contribution in [0.5, 0.6) is 11.5 Å². The number of nitrogens with zero attached hydrogens (tertiary/aromatic N) is 2. The minimum atomic E-state index is -0.210. The van der Waals surface area contributed by atoms with Gasteiger partial charge in [0.2, 0.25) is 0 Å². The van der Waals surface area contributed by atoms with E-state index in [0.717, 1.165) is 0 Å². The fourth-order valence-corrected chi connectivity index (χ4v) is 2.19. The fourth-order valence-electron chi connectivity index (χ4n) is 2.19. The van der Waals surface area contributed by atoms with Crippen LogP contribution >= 0.6 is 0 Å². The molecule has 0 saturated carbocycles. The SMILES string of the molecule is Cc1nc2cc(O)ccc2c(=O)n1-c1ccc(O)cc1. The van der Waals surface area contributed by atoms with E-state index in [2.05, 4.69) is 4.98 Å². The number of hydrogen-bond donors (Lipinski definition) is 2. The van der Waals surface area contributed by atoms with Crippen LogP contribution in [0, 0.1) is 6.92 Å². The zero-order valence-electron chi connectivity index (χ0n) is 10.7. The summed E-state index contributed by atoms with van der Waals surface area (Å²) in [5.74, 6) is 0.725. The lowest BCUT2D eigenvalue weighted by molar-refractivity contribution is 0.475. The molecule has 0 unspecified atom stereocenters. The molecular weight excluding hydrogens is 256 g/mol. The third kappa shape index (κ3) is 1.89. The van der Waals surface area contributed by atoms with Crippen molar-refractivity contribution in [2.75, 3.05) is 0 Å². The minimum absolute atomic E-state index is 0.0752. The van der Waals surface area contributed by atoms with Crippen molar-refractivity contribution in [3.8, 4) is 17.2 Å². The fraction of sp³-hybridized carbons (Fsp3) is 0.0667. The second kappa shape index (κ2) is 4.38. The standard InChI is InChI=1S/C15H12N2O3/c1-9-16-14-8-12(19)6-7-13(14)15(20)17(9)10-2-4-11(18)5-3-10/h2-8,18-19H,1H3. The van der Waals surface area contributed by atoms with Crippen molar-refractivity contribution in [3.05, 3.63) is 58.6 Å². The summed E-state index contributed by atoms with van der Waals surface area (Å²) in [6, 6.07) is 10.8. The van der Waals surface area contributed by atoms with Gasteiger partial charge in [0.25, 0.3) is 5.56 Å². The summed E-state index contributed by atoms with van der Waals surface area (Å²) in [4.78, 5) is 16.9. The van der Waals surface area contributed by atoms with E-state index in [4.69, 9.17) is 0 Å². The number of aromatic hydroxyl groups is 2. The van der Waals surface area contributed by atoms with Gasteiger partial charge in [0.05, 0.1) is 16.6 Å². The molecule has 0 radical (unpaired) electrons. The number of phenols is 2. The number of aromatic nitrogens is 2. The number of phenolic OH excluding ortho intramolecular Hbond substituents is 2. The molecule has 2 N–H and O–H groups in total. The maximum absolute atomic E-state index is 12.5. The van der Waals surface area contributed by atoms with Gasteiger partial charge in [-0.1, -0.05) is 0 Å². The Bertz CT molecular complexity index is 851. The Labute approximate surface area is 114 Å². The van der Waals surface area contributed by atoms with Gasteiger partial charge >= 0.3 is 0 Å². The molecule has 0 atom stereocenters. The highest BCUT2D eigenvalue weighted by Crippen LogP contribution is 2.18. The van der Waals surface area contributed by atoms with Crippen LogP contribution < -0.4 is 5.56 Å². The zero-order chi connectivity index (χ0) is 14.3. The quantitative estimate of drug-likeness (QED) is 0.708. The lowest BCUT2D eigenvalue weighted by Gasteiger charge is -2.11. The summed E-state index contributed by atoms with van der Waals surface area (Å²) < 4.78 is 1.47. The number of hydrogen-bond acceptors (Lipinski definition) is 4. The largest absolute Gasteiger partial charge is 0.508 e. The molecule has 0 amide bonds. The molecule has 5 heteroatoms. The molecule has 100 valence electrons. The zero-order valence-corrected chi connectivity index (χ0v) is 10.7. The van der Waals surface area contributed by atoms with Crippen molar-refractivity contribution in [2.45, 2.75) is 6.92 Å². The first-order valence-electron chi connectivity index (χ1n) is 6.08. The van der Waals surface area contributed by atoms with Gasteiger partial charge in [-0.3, -0.25) is 9.36 Å². The first-order chi connectivity index (χ1) is 9.56. The molecule has 0 fully saturated rings. The second-order valence-corrected chi connectivity index (χ2v) is 4.52. The van der Waals surface area contributed by atoms with Crippen LogP contribution in [-0.4, -0.2) is 19.8 Å². The van der Waals surface area contributed by atoms with Crippen molar-refractivity contribution in [3.63, 3.8) is 0 Å². The van der Waals surface area contributed by atoms with Gasteiger partial charge < -0.3 is 10.2 Å². The molecule has 3 aromatic rings. The summed E-state index contributed by atoms with van der Waals surface area (Å²) in [6.45, 7) is 1.72. The Morgan fingerprint density at radius 1 is 1.00 bits per heavy atom. The van der Waals surface area contributed by atoms with Crippen molar-refractivity contribution in [1.29, 1.82) is 0 Å². The predicted molar refractivity (Wildman–Crippen MR) is 75.4 cm³/mol. The molecule has 5 nitrogen and oxygen atoms in total. The summed E-state index contributed by atoms with van der Waals surface area (Å²) in [6.07, 6.45) is 0. The molecule has 0 aliphatic heterocycles. The molecular formula is C15H12N2O3. The summed E-state index contributed by atoms with van der Waals surface area (Å²) in [7, 11) is 0. The van der Waals surface area contributed by atoms with Crippen LogP contribution in [0.2, 0.25) is 0 Å². The first-order valence-corrected chi connectivity index (χ1v) is 6.08. The molecule has 1 heterocycles. The van der Waals surface area contributed by atoms with Crippen molar-refractivity contribution < 1.29 is 10.2 Å². The van der Waals surface area contributed by atoms with Crippen molar-refractivity contribution >= 4 is 10.9 Å². The third-order valence-corrected chi connectivity index (χ3v) is 3.13. The van der Waals surface area contributed by atoms with E-state index in [-0.39, 0.29) is 17.1 Å². The molecule has 2 aromatic carbocycles. The molecule has 1 aromatic heterocycles. The lowest BCUT2D eigenvalue weighted by Crippen LogP contribution is -2.22. The second-order valence-electron chi connectivity index (χ2n) is 4.52. The number of rotatable bonds is 1. The summed E-state index contributed by atoms with van der Waals surface area (Å²) in [5, 5.41) is 19.2. The van der Waals surface area contributed by atoms with Crippen LogP contribution in [0.25, 0.3) is 16.6 Å². The highest BCUT2D eigenvalue weighted by atomic mass is 16.3. The number of benzene rings is 2. The lowest BCUT2D eigenvalue weighted by atomic mass is 10.2. The Morgan fingerprint density at radius 3 is 2.35 bits per heavy atom. The predicted octanol–water partition coefficient (Wildman–Crippen LogP) is 2.11. The normalized spacial score (nSPS) is 10.8. The van der Waals surface area contributed by atoms with E-state index in [1.807, 2.05) is 0 Å². The van der Waals surface area contributed by atoms with E-state index in [9.17, 15) is 15.0 Å². The molecule has 0 saturated heterocycles. The molecule has 0 aliphatic carbocycles. The molecule has 0 spiro atoms. The monoisotopic (exact) mass is 268 g/mol. The Kier molecular flexibility index (Phi) is 2.68. The van der Waals surface area contributed by atoms with Crippen molar-refractivity contribution in [2.24, 2.45) is 0 Å². The van der Waals surface area contributed by atoms with Gasteiger partial charge in [0, 0.05) is 6.07 Å². The molecule has 20 heavy (non-hydrogen) atoms. The van der Waals surface area contributed by atoms with Gasteiger partial charge in [0.1, 0.15) is 17.3 Å². The van der Waals surface area contributed by atoms with Gasteiger partial charge in [-0.25, -0.2) is 4.98 Å². The van der Waals surface area contributed by atoms with E-state index >= 15 is 0 Å². The van der Waals surface area contributed by atoms with Crippen molar-refractivity contribution in [1.82, 2.24) is 9.55 Å². The van der Waals surface area contributed by atoms with Crippen LogP contribution in [0.4, 0.5) is 0 Å². The Balaban J connectivity index is 2.34. The van der Waals surface area contributed by atoms with E-state index in [1.54, 1.807) is 25.1 Å². The number of fused-ring (bicyclic) bond motifs is 1. The smallest absolute Gasteiger partial charge is 0.265 e. The third-order valence-electron chi connectivity index (χ3n) is 3.13. The van der Waals surface area contributed by atoms with Gasteiger partial charge in [-0.2, -0.15) is 0 Å². The van der Waals surface area contributed by atoms with Crippen LogP contribution in [0.1, 0.15) is 5.82 Å². The molecule has 0 aliphatic rings. The summed E-state index contributed by atoms with van der Waals surface area (Å²) in [5.41, 5.74) is 0.883. The maximum atomic E-state index is 12.5. The van der Waals surface area contributed by atoms with Crippen LogP contribution in [0.15, 0.2) is 47.3 Å². The average Bonchev–Trinajstić information content (AvgIpc) is 2.40. The van der Waals surface area contributed by atoms with Crippen LogP contribution in [0.3, 0.4) is 0 Å². The van der Waals surface area contributed by atoms with Gasteiger partial charge in [-0.05, 0) is 43.3 Å². The van der Waals surface area contributed by atoms with E-state index < -0.39 is 0 Å². The van der Waals surface area contributed by atoms with Gasteiger partial charge in [-0.15, -0.1) is 0 Å². The first kappa shape index (κ1) is 12.2. The Hall–Kier alpha value is -2.82. The van der Waals surface area contributed by atoms with E-state index in [1.165, 1.54) is 28.8 Å². The highest BCUT2D eigenvalue weighted by Gasteiger charge is 2.10. The average molecular weight is 268 g/mol. The molecule has 0 bridgehead atoms. The topological polar surface area (TPSA) is 75.4 Å². The minimum Gasteiger partial charge on any atom is -0.508 e. The summed E-state index contributed by atoms with van der Waals surface area (Å²) >= 11 is 0. The van der Waals surface area contributed by atoms with E-state index in [0.29, 0.717) is 22.4 Å². The Morgan fingerprint density at radius 2 is 1.65 bits per heavy atom. The maximum Gasteiger partial charge on any atom is 0.265 e.